The van der Waals surface area contributed by atoms with Crippen molar-refractivity contribution < 1.29 is 9.59 Å². The molecule has 2 amide bonds. The largest absolute Gasteiger partial charge is 0.352 e. The highest BCUT2D eigenvalue weighted by atomic mass is 35.5. The van der Waals surface area contributed by atoms with E-state index in [-0.39, 0.29) is 24.8 Å². The van der Waals surface area contributed by atoms with Gasteiger partial charge in [-0.15, -0.1) is 11.8 Å². The highest BCUT2D eigenvalue weighted by Gasteiger charge is 2.07. The van der Waals surface area contributed by atoms with Crippen LogP contribution in [0.3, 0.4) is 0 Å². The molecule has 2 aromatic rings. The van der Waals surface area contributed by atoms with Crippen LogP contribution in [-0.4, -0.2) is 24.6 Å². The summed E-state index contributed by atoms with van der Waals surface area (Å²) in [4.78, 5) is 24.9. The summed E-state index contributed by atoms with van der Waals surface area (Å²) in [6.45, 7) is 0.273. The van der Waals surface area contributed by atoms with E-state index in [4.69, 9.17) is 11.6 Å². The standard InChI is InChI=1S/C17H17ClN2O2S/c1-23-15-4-2-3-14(11-15)20-16(21)9-10-19-17(22)12-5-7-13(18)8-6-12/h2-8,11H,9-10H2,1H3,(H,19,22)(H,20,21). The lowest BCUT2D eigenvalue weighted by molar-refractivity contribution is -0.116. The number of thioether (sulfide) groups is 1. The van der Waals surface area contributed by atoms with E-state index in [1.165, 1.54) is 0 Å². The van der Waals surface area contributed by atoms with E-state index in [9.17, 15) is 9.59 Å². The maximum atomic E-state index is 11.9. The van der Waals surface area contributed by atoms with Crippen LogP contribution in [0.5, 0.6) is 0 Å². The number of hydrogen-bond acceptors (Lipinski definition) is 3. The van der Waals surface area contributed by atoms with Gasteiger partial charge in [0.05, 0.1) is 0 Å². The molecule has 0 atom stereocenters. The predicted molar refractivity (Wildman–Crippen MR) is 95.3 cm³/mol. The summed E-state index contributed by atoms with van der Waals surface area (Å²) in [5, 5.41) is 6.10. The third kappa shape index (κ3) is 5.62. The number of amides is 2. The molecular formula is C17H17ClN2O2S. The van der Waals surface area contributed by atoms with Crippen LogP contribution < -0.4 is 10.6 Å². The zero-order valence-corrected chi connectivity index (χ0v) is 14.2. The zero-order valence-electron chi connectivity index (χ0n) is 12.6. The van der Waals surface area contributed by atoms with E-state index in [1.807, 2.05) is 30.5 Å². The average Bonchev–Trinajstić information content (AvgIpc) is 2.55. The minimum absolute atomic E-state index is 0.139. The molecule has 0 aliphatic carbocycles. The molecule has 6 heteroatoms. The monoisotopic (exact) mass is 348 g/mol. The van der Waals surface area contributed by atoms with Gasteiger partial charge in [0.15, 0.2) is 0 Å². The van der Waals surface area contributed by atoms with E-state index < -0.39 is 0 Å². The summed E-state index contributed by atoms with van der Waals surface area (Å²) in [5.41, 5.74) is 1.27. The Labute approximate surface area is 144 Å². The van der Waals surface area contributed by atoms with Crippen molar-refractivity contribution >= 4 is 40.9 Å². The molecule has 0 unspecified atom stereocenters. The second kappa shape index (κ2) is 8.60. The fourth-order valence-corrected chi connectivity index (χ4v) is 2.50. The molecule has 4 nitrogen and oxygen atoms in total. The second-order valence-corrected chi connectivity index (χ2v) is 6.11. The van der Waals surface area contributed by atoms with Crippen molar-refractivity contribution in [2.24, 2.45) is 0 Å². The third-order valence-electron chi connectivity index (χ3n) is 3.10. The Morgan fingerprint density at radius 3 is 2.57 bits per heavy atom. The highest BCUT2D eigenvalue weighted by molar-refractivity contribution is 7.98. The molecule has 0 bridgehead atoms. The van der Waals surface area contributed by atoms with Gasteiger partial charge < -0.3 is 10.6 Å². The summed E-state index contributed by atoms with van der Waals surface area (Å²) in [6.07, 6.45) is 2.19. The number of rotatable bonds is 6. The van der Waals surface area contributed by atoms with E-state index >= 15 is 0 Å². The number of hydrogen-bond donors (Lipinski definition) is 2. The molecule has 2 N–H and O–H groups in total. The van der Waals surface area contributed by atoms with Gasteiger partial charge in [0.1, 0.15) is 0 Å². The molecule has 0 aliphatic heterocycles. The topological polar surface area (TPSA) is 58.2 Å². The number of carbonyl (C=O) groups is 2. The average molecular weight is 349 g/mol. The first kappa shape index (κ1) is 17.4. The summed E-state index contributed by atoms with van der Waals surface area (Å²) in [6, 6.07) is 14.2. The summed E-state index contributed by atoms with van der Waals surface area (Å²) in [7, 11) is 0. The lowest BCUT2D eigenvalue weighted by Gasteiger charge is -2.08. The number of nitrogens with one attached hydrogen (secondary N) is 2. The van der Waals surface area contributed by atoms with Gasteiger partial charge in [-0.3, -0.25) is 9.59 Å². The number of benzene rings is 2. The summed E-state index contributed by atoms with van der Waals surface area (Å²) in [5.74, 6) is -0.362. The zero-order chi connectivity index (χ0) is 16.7. The van der Waals surface area contributed by atoms with E-state index in [2.05, 4.69) is 10.6 Å². The molecule has 0 aliphatic rings. The fraction of sp³-hybridized carbons (Fsp3) is 0.176. The fourth-order valence-electron chi connectivity index (χ4n) is 1.92. The molecule has 0 fully saturated rings. The Morgan fingerprint density at radius 2 is 1.87 bits per heavy atom. The van der Waals surface area contributed by atoms with Crippen LogP contribution in [0.1, 0.15) is 16.8 Å². The van der Waals surface area contributed by atoms with Crippen LogP contribution in [0.2, 0.25) is 5.02 Å². The molecule has 0 aromatic heterocycles. The van der Waals surface area contributed by atoms with Crippen molar-refractivity contribution in [2.75, 3.05) is 18.1 Å². The Hall–Kier alpha value is -1.98. The van der Waals surface area contributed by atoms with Gasteiger partial charge in [-0.05, 0) is 48.7 Å². The van der Waals surface area contributed by atoms with E-state index in [0.717, 1.165) is 10.6 Å². The van der Waals surface area contributed by atoms with Gasteiger partial charge in [-0.1, -0.05) is 17.7 Å². The molecule has 0 saturated carbocycles. The van der Waals surface area contributed by atoms with Gasteiger partial charge in [0.25, 0.3) is 5.91 Å². The van der Waals surface area contributed by atoms with Crippen molar-refractivity contribution in [1.29, 1.82) is 0 Å². The van der Waals surface area contributed by atoms with Gasteiger partial charge >= 0.3 is 0 Å². The van der Waals surface area contributed by atoms with Crippen molar-refractivity contribution in [3.63, 3.8) is 0 Å². The highest BCUT2D eigenvalue weighted by Crippen LogP contribution is 2.18. The smallest absolute Gasteiger partial charge is 0.251 e. The Kier molecular flexibility index (Phi) is 6.50. The second-order valence-electron chi connectivity index (χ2n) is 4.79. The molecule has 23 heavy (non-hydrogen) atoms. The first-order valence-electron chi connectivity index (χ1n) is 7.06. The molecule has 0 saturated heterocycles. The lowest BCUT2D eigenvalue weighted by atomic mass is 10.2. The predicted octanol–water partition coefficient (Wildman–Crippen LogP) is 3.82. The van der Waals surface area contributed by atoms with Crippen molar-refractivity contribution in [3.8, 4) is 0 Å². The van der Waals surface area contributed by atoms with Crippen LogP contribution in [0, 0.1) is 0 Å². The molecule has 120 valence electrons. The van der Waals surface area contributed by atoms with Crippen LogP contribution >= 0.6 is 23.4 Å². The van der Waals surface area contributed by atoms with Gasteiger partial charge in [0, 0.05) is 34.1 Å². The van der Waals surface area contributed by atoms with Gasteiger partial charge in [-0.2, -0.15) is 0 Å². The third-order valence-corrected chi connectivity index (χ3v) is 4.07. The molecule has 0 spiro atoms. The molecule has 0 heterocycles. The maximum absolute atomic E-state index is 11.9. The van der Waals surface area contributed by atoms with Gasteiger partial charge in [0.2, 0.25) is 5.91 Å². The Balaban J connectivity index is 1.78. The van der Waals surface area contributed by atoms with E-state index in [1.54, 1.807) is 36.0 Å². The number of halogens is 1. The van der Waals surface area contributed by atoms with E-state index in [0.29, 0.717) is 10.6 Å². The Bertz CT molecular complexity index is 689. The Morgan fingerprint density at radius 1 is 1.13 bits per heavy atom. The molecular weight excluding hydrogens is 332 g/mol. The minimum atomic E-state index is -0.223. The van der Waals surface area contributed by atoms with Gasteiger partial charge in [-0.25, -0.2) is 0 Å². The number of carbonyl (C=O) groups excluding carboxylic acids is 2. The normalized spacial score (nSPS) is 10.2. The minimum Gasteiger partial charge on any atom is -0.352 e. The summed E-state index contributed by atoms with van der Waals surface area (Å²) < 4.78 is 0. The van der Waals surface area contributed by atoms with Crippen LogP contribution in [0.4, 0.5) is 5.69 Å². The first-order valence-corrected chi connectivity index (χ1v) is 8.66. The van der Waals surface area contributed by atoms with Crippen LogP contribution in [0.25, 0.3) is 0 Å². The first-order chi connectivity index (χ1) is 11.1. The molecule has 0 radical (unpaired) electrons. The van der Waals surface area contributed by atoms with Crippen LogP contribution in [0.15, 0.2) is 53.4 Å². The van der Waals surface area contributed by atoms with Crippen LogP contribution in [-0.2, 0) is 4.79 Å². The quantitative estimate of drug-likeness (QED) is 0.780. The van der Waals surface area contributed by atoms with Crippen molar-refractivity contribution in [3.05, 3.63) is 59.1 Å². The number of anilines is 1. The van der Waals surface area contributed by atoms with Crippen molar-refractivity contribution in [2.45, 2.75) is 11.3 Å². The van der Waals surface area contributed by atoms with Crippen molar-refractivity contribution in [1.82, 2.24) is 5.32 Å². The summed E-state index contributed by atoms with van der Waals surface area (Å²) >= 11 is 7.39. The molecule has 2 aromatic carbocycles. The SMILES string of the molecule is CSc1cccc(NC(=O)CCNC(=O)c2ccc(Cl)cc2)c1. The lowest BCUT2D eigenvalue weighted by Crippen LogP contribution is -2.27. The molecule has 2 rings (SSSR count). The maximum Gasteiger partial charge on any atom is 0.251 e.